The van der Waals surface area contributed by atoms with Gasteiger partial charge in [0.15, 0.2) is 0 Å². The van der Waals surface area contributed by atoms with Gasteiger partial charge in [-0.2, -0.15) is 0 Å². The number of para-hydroxylation sites is 2. The van der Waals surface area contributed by atoms with Crippen LogP contribution in [0.2, 0.25) is 0 Å². The standard InChI is InChI=1S/C16H23N3O/c1-2-9-19-15-6-4-3-5-14(15)17-16(19)12-18(10-11-20)13-7-8-13/h3-6,13,20H,2,7-12H2,1H3. The number of aliphatic hydroxyl groups is 1. The summed E-state index contributed by atoms with van der Waals surface area (Å²) >= 11 is 0. The zero-order valence-electron chi connectivity index (χ0n) is 12.1. The molecule has 1 saturated carbocycles. The van der Waals surface area contributed by atoms with Gasteiger partial charge in [0.05, 0.1) is 24.2 Å². The Morgan fingerprint density at radius 1 is 1.35 bits per heavy atom. The Balaban J connectivity index is 1.90. The van der Waals surface area contributed by atoms with Crippen LogP contribution in [0.4, 0.5) is 0 Å². The van der Waals surface area contributed by atoms with Crippen LogP contribution in [0, 0.1) is 0 Å². The summed E-state index contributed by atoms with van der Waals surface area (Å²) in [6, 6.07) is 9.00. The Bertz CT molecular complexity index is 574. The summed E-state index contributed by atoms with van der Waals surface area (Å²) < 4.78 is 2.34. The van der Waals surface area contributed by atoms with Gasteiger partial charge in [0.25, 0.3) is 0 Å². The van der Waals surface area contributed by atoms with E-state index in [1.165, 1.54) is 18.4 Å². The zero-order valence-corrected chi connectivity index (χ0v) is 12.1. The maximum absolute atomic E-state index is 9.23. The monoisotopic (exact) mass is 273 g/mol. The predicted molar refractivity (Wildman–Crippen MR) is 80.5 cm³/mol. The van der Waals surface area contributed by atoms with Crippen molar-refractivity contribution in [2.24, 2.45) is 0 Å². The second-order valence-electron chi connectivity index (χ2n) is 5.59. The van der Waals surface area contributed by atoms with E-state index in [0.717, 1.165) is 37.4 Å². The zero-order chi connectivity index (χ0) is 13.9. The molecule has 108 valence electrons. The predicted octanol–water partition coefficient (Wildman–Crippen LogP) is 2.40. The van der Waals surface area contributed by atoms with E-state index < -0.39 is 0 Å². The van der Waals surface area contributed by atoms with Gasteiger partial charge in [-0.25, -0.2) is 4.98 Å². The number of nitrogens with zero attached hydrogens (tertiary/aromatic N) is 3. The largest absolute Gasteiger partial charge is 0.395 e. The summed E-state index contributed by atoms with van der Waals surface area (Å²) in [6.45, 7) is 5.03. The molecule has 1 aliphatic rings. The number of fused-ring (bicyclic) bond motifs is 1. The van der Waals surface area contributed by atoms with Crippen LogP contribution >= 0.6 is 0 Å². The van der Waals surface area contributed by atoms with Crippen molar-refractivity contribution in [3.63, 3.8) is 0 Å². The van der Waals surface area contributed by atoms with Crippen LogP contribution in [0.1, 0.15) is 32.0 Å². The minimum absolute atomic E-state index is 0.227. The van der Waals surface area contributed by atoms with E-state index in [9.17, 15) is 5.11 Å². The van der Waals surface area contributed by atoms with Gasteiger partial charge in [0.2, 0.25) is 0 Å². The molecule has 4 nitrogen and oxygen atoms in total. The fourth-order valence-corrected chi connectivity index (χ4v) is 2.86. The van der Waals surface area contributed by atoms with E-state index in [2.05, 4.69) is 34.6 Å². The van der Waals surface area contributed by atoms with Crippen LogP contribution in [0.3, 0.4) is 0 Å². The molecule has 0 aliphatic heterocycles. The smallest absolute Gasteiger partial charge is 0.124 e. The minimum Gasteiger partial charge on any atom is -0.395 e. The highest BCUT2D eigenvalue weighted by molar-refractivity contribution is 5.75. The van der Waals surface area contributed by atoms with Crippen LogP contribution in [-0.4, -0.2) is 38.8 Å². The lowest BCUT2D eigenvalue weighted by molar-refractivity contribution is 0.179. The van der Waals surface area contributed by atoms with E-state index in [4.69, 9.17) is 4.98 Å². The van der Waals surface area contributed by atoms with Gasteiger partial charge in [-0.1, -0.05) is 19.1 Å². The lowest BCUT2D eigenvalue weighted by atomic mass is 10.3. The number of aliphatic hydroxyl groups excluding tert-OH is 1. The SMILES string of the molecule is CCCn1c(CN(CCO)C2CC2)nc2ccccc21. The molecular formula is C16H23N3O. The summed E-state index contributed by atoms with van der Waals surface area (Å²) in [6.07, 6.45) is 3.62. The molecule has 0 amide bonds. The molecule has 0 bridgehead atoms. The summed E-state index contributed by atoms with van der Waals surface area (Å²) in [5.74, 6) is 1.13. The summed E-state index contributed by atoms with van der Waals surface area (Å²) in [5, 5.41) is 9.23. The number of benzene rings is 1. The third-order valence-electron chi connectivity index (χ3n) is 3.98. The molecule has 1 aromatic carbocycles. The fourth-order valence-electron chi connectivity index (χ4n) is 2.86. The first-order chi connectivity index (χ1) is 9.83. The molecule has 0 atom stereocenters. The van der Waals surface area contributed by atoms with E-state index in [1.807, 2.05) is 6.07 Å². The van der Waals surface area contributed by atoms with Crippen LogP contribution < -0.4 is 0 Å². The molecule has 4 heteroatoms. The van der Waals surface area contributed by atoms with Gasteiger partial charge in [0, 0.05) is 19.1 Å². The van der Waals surface area contributed by atoms with Crippen molar-refractivity contribution in [1.29, 1.82) is 0 Å². The van der Waals surface area contributed by atoms with Crippen molar-refractivity contribution in [3.05, 3.63) is 30.1 Å². The quantitative estimate of drug-likeness (QED) is 0.842. The number of imidazole rings is 1. The molecular weight excluding hydrogens is 250 g/mol. The highest BCUT2D eigenvalue weighted by Crippen LogP contribution is 2.28. The van der Waals surface area contributed by atoms with Gasteiger partial charge in [-0.15, -0.1) is 0 Å². The lowest BCUT2D eigenvalue weighted by Gasteiger charge is -2.21. The molecule has 0 radical (unpaired) electrons. The normalized spacial score (nSPS) is 15.3. The highest BCUT2D eigenvalue weighted by Gasteiger charge is 2.29. The number of hydrogen-bond donors (Lipinski definition) is 1. The molecule has 0 saturated heterocycles. The first-order valence-corrected chi connectivity index (χ1v) is 7.62. The van der Waals surface area contributed by atoms with Gasteiger partial charge >= 0.3 is 0 Å². The van der Waals surface area contributed by atoms with E-state index in [1.54, 1.807) is 0 Å². The van der Waals surface area contributed by atoms with Gasteiger partial charge < -0.3 is 9.67 Å². The maximum atomic E-state index is 9.23. The van der Waals surface area contributed by atoms with E-state index in [0.29, 0.717) is 6.04 Å². The number of aryl methyl sites for hydroxylation is 1. The molecule has 1 N–H and O–H groups in total. The fraction of sp³-hybridized carbons (Fsp3) is 0.562. The van der Waals surface area contributed by atoms with Gasteiger partial charge in [-0.05, 0) is 31.4 Å². The Labute approximate surface area is 120 Å². The van der Waals surface area contributed by atoms with Crippen molar-refractivity contribution < 1.29 is 5.11 Å². The maximum Gasteiger partial charge on any atom is 0.124 e. The van der Waals surface area contributed by atoms with Crippen molar-refractivity contribution >= 4 is 11.0 Å². The molecule has 3 rings (SSSR count). The van der Waals surface area contributed by atoms with Gasteiger partial charge in [0.1, 0.15) is 5.82 Å². The van der Waals surface area contributed by atoms with E-state index in [-0.39, 0.29) is 6.61 Å². The van der Waals surface area contributed by atoms with Gasteiger partial charge in [-0.3, -0.25) is 4.90 Å². The van der Waals surface area contributed by atoms with Crippen molar-refractivity contribution in [3.8, 4) is 0 Å². The number of aromatic nitrogens is 2. The minimum atomic E-state index is 0.227. The molecule has 1 fully saturated rings. The first kappa shape index (κ1) is 13.6. The highest BCUT2D eigenvalue weighted by atomic mass is 16.3. The molecule has 1 heterocycles. The van der Waals surface area contributed by atoms with Crippen LogP contribution in [0.15, 0.2) is 24.3 Å². The van der Waals surface area contributed by atoms with Crippen molar-refractivity contribution in [2.75, 3.05) is 13.2 Å². The topological polar surface area (TPSA) is 41.3 Å². The summed E-state index contributed by atoms with van der Waals surface area (Å²) in [4.78, 5) is 7.17. The molecule has 1 aromatic heterocycles. The van der Waals surface area contributed by atoms with E-state index >= 15 is 0 Å². The molecule has 0 unspecified atom stereocenters. The molecule has 2 aromatic rings. The molecule has 1 aliphatic carbocycles. The van der Waals surface area contributed by atoms with Crippen LogP contribution in [-0.2, 0) is 13.1 Å². The summed E-state index contributed by atoms with van der Waals surface area (Å²) in [5.41, 5.74) is 2.31. The lowest BCUT2D eigenvalue weighted by Crippen LogP contribution is -2.30. The number of hydrogen-bond acceptors (Lipinski definition) is 3. The Hall–Kier alpha value is -1.39. The number of rotatable bonds is 7. The third kappa shape index (κ3) is 2.72. The van der Waals surface area contributed by atoms with Crippen LogP contribution in [0.25, 0.3) is 11.0 Å². The second kappa shape index (κ2) is 5.94. The van der Waals surface area contributed by atoms with Crippen molar-refractivity contribution in [2.45, 2.75) is 45.3 Å². The first-order valence-electron chi connectivity index (χ1n) is 7.62. The summed E-state index contributed by atoms with van der Waals surface area (Å²) in [7, 11) is 0. The second-order valence-corrected chi connectivity index (χ2v) is 5.59. The molecule has 20 heavy (non-hydrogen) atoms. The Morgan fingerprint density at radius 2 is 2.15 bits per heavy atom. The van der Waals surface area contributed by atoms with Crippen LogP contribution in [0.5, 0.6) is 0 Å². The van der Waals surface area contributed by atoms with Crippen molar-refractivity contribution in [1.82, 2.24) is 14.5 Å². The Kier molecular flexibility index (Phi) is 4.03. The third-order valence-corrected chi connectivity index (χ3v) is 3.98. The average Bonchev–Trinajstić information content (AvgIpc) is 3.24. The average molecular weight is 273 g/mol. The molecule has 0 spiro atoms. The Morgan fingerprint density at radius 3 is 2.85 bits per heavy atom.